The number of hydrogen-bond acceptors (Lipinski definition) is 4. The summed E-state index contributed by atoms with van der Waals surface area (Å²) in [5, 5.41) is 4.86. The summed E-state index contributed by atoms with van der Waals surface area (Å²) >= 11 is 1.99. The first-order valence-corrected chi connectivity index (χ1v) is 5.88. The molecule has 1 aliphatic rings. The SMILES string of the molecule is Nc1ccn(CCCSC2COC2)n1. The quantitative estimate of drug-likeness (QED) is 0.741. The van der Waals surface area contributed by atoms with Gasteiger partial charge in [0.15, 0.2) is 0 Å². The first kappa shape index (κ1) is 9.86. The fourth-order valence-corrected chi connectivity index (χ4v) is 2.30. The number of nitrogens with two attached hydrogens (primary N) is 1. The molecule has 78 valence electrons. The van der Waals surface area contributed by atoms with Gasteiger partial charge in [-0.05, 0) is 18.2 Å². The number of nitrogens with zero attached hydrogens (tertiary/aromatic N) is 2. The van der Waals surface area contributed by atoms with E-state index in [0.29, 0.717) is 5.82 Å². The lowest BCUT2D eigenvalue weighted by molar-refractivity contribution is 0.0455. The van der Waals surface area contributed by atoms with Crippen LogP contribution in [0.3, 0.4) is 0 Å². The third-order valence-corrected chi connectivity index (χ3v) is 3.42. The Balaban J connectivity index is 1.58. The predicted molar refractivity (Wildman–Crippen MR) is 58.3 cm³/mol. The Hall–Kier alpha value is -0.680. The van der Waals surface area contributed by atoms with Gasteiger partial charge < -0.3 is 10.5 Å². The van der Waals surface area contributed by atoms with E-state index in [1.807, 2.05) is 28.7 Å². The molecule has 0 aromatic carbocycles. The van der Waals surface area contributed by atoms with Crippen molar-refractivity contribution in [1.29, 1.82) is 0 Å². The van der Waals surface area contributed by atoms with Crippen molar-refractivity contribution in [1.82, 2.24) is 9.78 Å². The van der Waals surface area contributed by atoms with Gasteiger partial charge in [0.05, 0.1) is 18.5 Å². The molecule has 2 heterocycles. The molecule has 0 unspecified atom stereocenters. The fourth-order valence-electron chi connectivity index (χ4n) is 1.29. The molecule has 1 saturated heterocycles. The van der Waals surface area contributed by atoms with Crippen LogP contribution in [0, 0.1) is 0 Å². The number of rotatable bonds is 5. The van der Waals surface area contributed by atoms with Crippen molar-refractivity contribution in [2.24, 2.45) is 0 Å². The number of aromatic nitrogens is 2. The number of hydrogen-bond donors (Lipinski definition) is 1. The van der Waals surface area contributed by atoms with E-state index in [0.717, 1.165) is 31.4 Å². The topological polar surface area (TPSA) is 53.1 Å². The molecule has 1 fully saturated rings. The van der Waals surface area contributed by atoms with Crippen molar-refractivity contribution in [3.8, 4) is 0 Å². The Kier molecular flexibility index (Phi) is 3.31. The average Bonchev–Trinajstić information content (AvgIpc) is 2.48. The molecule has 4 nitrogen and oxygen atoms in total. The second-order valence-electron chi connectivity index (χ2n) is 3.39. The maximum absolute atomic E-state index is 5.51. The van der Waals surface area contributed by atoms with Crippen LogP contribution in [0.15, 0.2) is 12.3 Å². The second kappa shape index (κ2) is 4.70. The van der Waals surface area contributed by atoms with Crippen LogP contribution < -0.4 is 5.73 Å². The van der Waals surface area contributed by atoms with Gasteiger partial charge in [-0.1, -0.05) is 0 Å². The van der Waals surface area contributed by atoms with Crippen LogP contribution in [0.2, 0.25) is 0 Å². The summed E-state index contributed by atoms with van der Waals surface area (Å²) in [6, 6.07) is 1.83. The predicted octanol–water partition coefficient (Wildman–Crippen LogP) is 0.987. The normalized spacial score (nSPS) is 16.9. The lowest BCUT2D eigenvalue weighted by atomic mass is 10.4. The molecule has 0 amide bonds. The maximum Gasteiger partial charge on any atom is 0.145 e. The van der Waals surface area contributed by atoms with Gasteiger partial charge in [0, 0.05) is 12.7 Å². The fraction of sp³-hybridized carbons (Fsp3) is 0.667. The summed E-state index contributed by atoms with van der Waals surface area (Å²) in [5.74, 6) is 1.78. The lowest BCUT2D eigenvalue weighted by Gasteiger charge is -2.25. The zero-order valence-corrected chi connectivity index (χ0v) is 8.87. The smallest absolute Gasteiger partial charge is 0.145 e. The van der Waals surface area contributed by atoms with Crippen molar-refractivity contribution in [3.05, 3.63) is 12.3 Å². The largest absolute Gasteiger partial charge is 0.382 e. The molecule has 5 heteroatoms. The van der Waals surface area contributed by atoms with Gasteiger partial charge in [-0.3, -0.25) is 4.68 Å². The van der Waals surface area contributed by atoms with E-state index in [9.17, 15) is 0 Å². The zero-order chi connectivity index (χ0) is 9.80. The van der Waals surface area contributed by atoms with Gasteiger partial charge >= 0.3 is 0 Å². The van der Waals surface area contributed by atoms with Crippen LogP contribution in [0.1, 0.15) is 6.42 Å². The lowest BCUT2D eigenvalue weighted by Crippen LogP contribution is -2.30. The van der Waals surface area contributed by atoms with E-state index < -0.39 is 0 Å². The van der Waals surface area contributed by atoms with E-state index in [4.69, 9.17) is 10.5 Å². The van der Waals surface area contributed by atoms with E-state index in [2.05, 4.69) is 5.10 Å². The van der Waals surface area contributed by atoms with Crippen LogP contribution in [0.4, 0.5) is 5.82 Å². The molecule has 2 rings (SSSR count). The summed E-state index contributed by atoms with van der Waals surface area (Å²) < 4.78 is 6.99. The molecule has 0 bridgehead atoms. The molecular formula is C9H15N3OS. The Bertz CT molecular complexity index is 285. The molecule has 0 radical (unpaired) electrons. The molecular weight excluding hydrogens is 198 g/mol. The van der Waals surface area contributed by atoms with E-state index in [1.165, 1.54) is 5.75 Å². The van der Waals surface area contributed by atoms with Crippen molar-refractivity contribution >= 4 is 17.6 Å². The maximum atomic E-state index is 5.51. The highest BCUT2D eigenvalue weighted by Gasteiger charge is 2.17. The standard InChI is InChI=1S/C9H15N3OS/c10-9-2-4-12(11-9)3-1-5-14-8-6-13-7-8/h2,4,8H,1,3,5-7H2,(H2,10,11). The van der Waals surface area contributed by atoms with Gasteiger partial charge in [0.2, 0.25) is 0 Å². The number of anilines is 1. The first-order valence-electron chi connectivity index (χ1n) is 4.83. The highest BCUT2D eigenvalue weighted by molar-refractivity contribution is 8.00. The number of aryl methyl sites for hydroxylation is 1. The second-order valence-corrected chi connectivity index (χ2v) is 4.80. The van der Waals surface area contributed by atoms with Crippen molar-refractivity contribution in [3.63, 3.8) is 0 Å². The average molecular weight is 213 g/mol. The summed E-state index contributed by atoms with van der Waals surface area (Å²) in [4.78, 5) is 0. The Morgan fingerprint density at radius 3 is 3.07 bits per heavy atom. The van der Waals surface area contributed by atoms with E-state index >= 15 is 0 Å². The highest BCUT2D eigenvalue weighted by Crippen LogP contribution is 2.19. The summed E-state index contributed by atoms with van der Waals surface area (Å²) in [7, 11) is 0. The molecule has 1 aromatic rings. The minimum atomic E-state index is 0.602. The Morgan fingerprint density at radius 1 is 1.64 bits per heavy atom. The molecule has 1 aromatic heterocycles. The molecule has 0 saturated carbocycles. The molecule has 14 heavy (non-hydrogen) atoms. The van der Waals surface area contributed by atoms with Crippen molar-refractivity contribution in [2.75, 3.05) is 24.7 Å². The van der Waals surface area contributed by atoms with Gasteiger partial charge in [-0.15, -0.1) is 0 Å². The Labute approximate surface area is 87.8 Å². The minimum Gasteiger partial charge on any atom is -0.382 e. The highest BCUT2D eigenvalue weighted by atomic mass is 32.2. The monoisotopic (exact) mass is 213 g/mol. The molecule has 0 aliphatic carbocycles. The molecule has 0 spiro atoms. The third-order valence-electron chi connectivity index (χ3n) is 2.15. The van der Waals surface area contributed by atoms with E-state index in [-0.39, 0.29) is 0 Å². The first-order chi connectivity index (χ1) is 6.84. The van der Waals surface area contributed by atoms with Crippen LogP contribution in [-0.2, 0) is 11.3 Å². The van der Waals surface area contributed by atoms with Crippen molar-refractivity contribution in [2.45, 2.75) is 18.2 Å². The Morgan fingerprint density at radius 2 is 2.50 bits per heavy atom. The zero-order valence-electron chi connectivity index (χ0n) is 8.06. The van der Waals surface area contributed by atoms with Crippen LogP contribution >= 0.6 is 11.8 Å². The van der Waals surface area contributed by atoms with Crippen LogP contribution in [-0.4, -0.2) is 34.0 Å². The summed E-state index contributed by atoms with van der Waals surface area (Å²) in [6.07, 6.45) is 3.06. The summed E-state index contributed by atoms with van der Waals surface area (Å²) in [5.41, 5.74) is 5.51. The van der Waals surface area contributed by atoms with Crippen molar-refractivity contribution < 1.29 is 4.74 Å². The third kappa shape index (κ3) is 2.65. The van der Waals surface area contributed by atoms with Crippen LogP contribution in [0.25, 0.3) is 0 Å². The van der Waals surface area contributed by atoms with Gasteiger partial charge in [0.25, 0.3) is 0 Å². The number of nitrogen functional groups attached to an aromatic ring is 1. The number of thioether (sulfide) groups is 1. The minimum absolute atomic E-state index is 0.602. The van der Waals surface area contributed by atoms with Gasteiger partial charge in [-0.25, -0.2) is 0 Å². The van der Waals surface area contributed by atoms with Gasteiger partial charge in [-0.2, -0.15) is 16.9 Å². The molecule has 1 aliphatic heterocycles. The van der Waals surface area contributed by atoms with Gasteiger partial charge in [0.1, 0.15) is 5.82 Å². The van der Waals surface area contributed by atoms with E-state index in [1.54, 1.807) is 0 Å². The molecule has 0 atom stereocenters. The molecule has 2 N–H and O–H groups in total. The number of ether oxygens (including phenoxy) is 1. The van der Waals surface area contributed by atoms with Crippen LogP contribution in [0.5, 0.6) is 0 Å². The summed E-state index contributed by atoms with van der Waals surface area (Å²) in [6.45, 7) is 2.82.